The van der Waals surface area contributed by atoms with Crippen LogP contribution < -0.4 is 0 Å². The zero-order valence-electron chi connectivity index (χ0n) is 15.1. The van der Waals surface area contributed by atoms with Crippen molar-refractivity contribution in [2.45, 2.75) is 38.5 Å². The molecule has 134 valence electrons. The first-order chi connectivity index (χ1) is 12.8. The second-order valence-electron chi connectivity index (χ2n) is 6.85. The Balaban J connectivity index is 0.000000613. The maximum atomic E-state index is 4.93. The second kappa shape index (κ2) is 10.1. The average Bonchev–Trinajstić information content (AvgIpc) is 3.30. The molecule has 0 saturated carbocycles. The third-order valence-electron chi connectivity index (χ3n) is 5.43. The number of unbranched alkanes of at least 4 members (excludes halogenated alkanes) is 1. The van der Waals surface area contributed by atoms with Gasteiger partial charge >= 0.3 is 37.9 Å². The Bertz CT molecular complexity index is 749. The van der Waals surface area contributed by atoms with Crippen LogP contribution in [0.25, 0.3) is 11.1 Å². The van der Waals surface area contributed by atoms with Crippen LogP contribution in [0.1, 0.15) is 49.7 Å². The van der Waals surface area contributed by atoms with Crippen molar-refractivity contribution in [2.75, 3.05) is 0 Å². The zero-order valence-corrected chi connectivity index (χ0v) is 19.1. The van der Waals surface area contributed by atoms with E-state index in [1.807, 2.05) is 0 Å². The third-order valence-corrected chi connectivity index (χ3v) is 5.43. The summed E-state index contributed by atoms with van der Waals surface area (Å²) >= 11 is -0.826. The van der Waals surface area contributed by atoms with Crippen LogP contribution in [-0.4, -0.2) is 0 Å². The molecule has 4 rings (SSSR count). The van der Waals surface area contributed by atoms with E-state index in [4.69, 9.17) is 17.0 Å². The SMILES string of the molecule is CCCCC(C1=CC=CC1)C1c2ccccc2-c2ccccc21.[Cl][Zr][Cl]. The van der Waals surface area contributed by atoms with Crippen molar-refractivity contribution in [3.8, 4) is 11.1 Å². The molecule has 0 aromatic heterocycles. The van der Waals surface area contributed by atoms with Crippen molar-refractivity contribution in [2.24, 2.45) is 5.92 Å². The number of benzene rings is 2. The van der Waals surface area contributed by atoms with Gasteiger partial charge in [-0.1, -0.05) is 92.1 Å². The molecule has 1 unspecified atom stereocenters. The van der Waals surface area contributed by atoms with E-state index >= 15 is 0 Å². The van der Waals surface area contributed by atoms with E-state index in [1.165, 1.54) is 41.5 Å². The average molecular weight is 463 g/mol. The van der Waals surface area contributed by atoms with Gasteiger partial charge in [-0.05, 0) is 41.0 Å². The molecule has 2 aromatic rings. The number of fused-ring (bicyclic) bond motifs is 3. The number of halogens is 2. The standard InChI is InChI=1S/C23H24.2ClH.Zr/c1-2-3-12-18(17-10-4-5-11-17)23-21-15-8-6-13-19(21)20-14-7-9-16-22(20)23;;;/h4-10,13-16,18,23H,2-3,11-12H2,1H3;2*1H;/q;;;+2/p-2. The molecular formula is C23H24Cl2Zr. The molecule has 0 heterocycles. The Morgan fingerprint density at radius 3 is 2.08 bits per heavy atom. The molecular weight excluding hydrogens is 438 g/mol. The zero-order chi connectivity index (χ0) is 18.4. The van der Waals surface area contributed by atoms with Gasteiger partial charge in [0.1, 0.15) is 0 Å². The summed E-state index contributed by atoms with van der Waals surface area (Å²) < 4.78 is 0. The second-order valence-corrected chi connectivity index (χ2v) is 10.6. The summed E-state index contributed by atoms with van der Waals surface area (Å²) in [4.78, 5) is 0. The van der Waals surface area contributed by atoms with Crippen LogP contribution in [0.4, 0.5) is 0 Å². The number of hydrogen-bond acceptors (Lipinski definition) is 0. The van der Waals surface area contributed by atoms with Gasteiger partial charge in [0.25, 0.3) is 0 Å². The summed E-state index contributed by atoms with van der Waals surface area (Å²) in [5.74, 6) is 1.16. The minimum absolute atomic E-state index is 0.528. The summed E-state index contributed by atoms with van der Waals surface area (Å²) in [5.41, 5.74) is 7.57. The van der Waals surface area contributed by atoms with E-state index in [-0.39, 0.29) is 0 Å². The van der Waals surface area contributed by atoms with Gasteiger partial charge in [0.05, 0.1) is 0 Å². The molecule has 0 aliphatic heterocycles. The molecule has 0 bridgehead atoms. The molecule has 0 amide bonds. The van der Waals surface area contributed by atoms with Gasteiger partial charge < -0.3 is 0 Å². The minimum atomic E-state index is -0.826. The Labute approximate surface area is 176 Å². The van der Waals surface area contributed by atoms with Crippen LogP contribution in [0.2, 0.25) is 0 Å². The van der Waals surface area contributed by atoms with Gasteiger partial charge in [-0.15, -0.1) is 0 Å². The first-order valence-electron chi connectivity index (χ1n) is 9.31. The maximum absolute atomic E-state index is 4.93. The molecule has 0 fully saturated rings. The molecule has 0 N–H and O–H groups in total. The van der Waals surface area contributed by atoms with Gasteiger partial charge in [0.15, 0.2) is 0 Å². The van der Waals surface area contributed by atoms with E-state index in [2.05, 4.69) is 73.7 Å². The van der Waals surface area contributed by atoms with Crippen molar-refractivity contribution < 1.29 is 20.8 Å². The molecule has 2 aliphatic rings. The molecule has 26 heavy (non-hydrogen) atoms. The normalized spacial score (nSPS) is 15.6. The molecule has 1 atom stereocenters. The monoisotopic (exact) mass is 460 g/mol. The topological polar surface area (TPSA) is 0 Å². The molecule has 2 aliphatic carbocycles. The molecule has 2 aromatic carbocycles. The van der Waals surface area contributed by atoms with Crippen molar-refractivity contribution in [3.63, 3.8) is 0 Å². The Hall–Kier alpha value is -0.617. The molecule has 0 radical (unpaired) electrons. The summed E-state index contributed by atoms with van der Waals surface area (Å²) in [6.45, 7) is 2.30. The van der Waals surface area contributed by atoms with E-state index in [0.717, 1.165) is 6.42 Å². The van der Waals surface area contributed by atoms with Gasteiger partial charge in [-0.25, -0.2) is 0 Å². The first-order valence-corrected chi connectivity index (χ1v) is 15.6. The van der Waals surface area contributed by atoms with Crippen molar-refractivity contribution in [3.05, 3.63) is 83.5 Å². The molecule has 0 spiro atoms. The Morgan fingerprint density at radius 1 is 1.00 bits per heavy atom. The predicted molar refractivity (Wildman–Crippen MR) is 110 cm³/mol. The number of allylic oxidation sites excluding steroid dienone is 4. The Kier molecular flexibility index (Phi) is 7.80. The van der Waals surface area contributed by atoms with Crippen LogP contribution in [0.3, 0.4) is 0 Å². The van der Waals surface area contributed by atoms with Gasteiger partial charge in [-0.3, -0.25) is 0 Å². The van der Waals surface area contributed by atoms with Gasteiger partial charge in [0.2, 0.25) is 0 Å². The quantitative estimate of drug-likeness (QED) is 0.424. The number of rotatable bonds is 5. The Morgan fingerprint density at radius 2 is 1.58 bits per heavy atom. The van der Waals surface area contributed by atoms with Crippen LogP contribution in [0.5, 0.6) is 0 Å². The fourth-order valence-electron chi connectivity index (χ4n) is 4.36. The van der Waals surface area contributed by atoms with Crippen molar-refractivity contribution >= 4 is 17.0 Å². The third kappa shape index (κ3) is 4.27. The number of hydrogen-bond donors (Lipinski definition) is 0. The van der Waals surface area contributed by atoms with Crippen molar-refractivity contribution in [1.29, 1.82) is 0 Å². The van der Waals surface area contributed by atoms with E-state index in [1.54, 1.807) is 5.57 Å². The molecule has 0 saturated heterocycles. The fourth-order valence-corrected chi connectivity index (χ4v) is 4.36. The summed E-state index contributed by atoms with van der Waals surface area (Å²) in [5, 5.41) is 0. The van der Waals surface area contributed by atoms with Crippen LogP contribution in [-0.2, 0) is 20.8 Å². The van der Waals surface area contributed by atoms with Gasteiger partial charge in [-0.2, -0.15) is 0 Å². The van der Waals surface area contributed by atoms with Crippen LogP contribution in [0.15, 0.2) is 72.3 Å². The summed E-state index contributed by atoms with van der Waals surface area (Å²) in [7, 11) is 9.87. The molecule has 3 heteroatoms. The van der Waals surface area contributed by atoms with E-state index < -0.39 is 20.8 Å². The summed E-state index contributed by atoms with van der Waals surface area (Å²) in [6.07, 6.45) is 11.9. The summed E-state index contributed by atoms with van der Waals surface area (Å²) in [6, 6.07) is 18.1. The van der Waals surface area contributed by atoms with Gasteiger partial charge in [0, 0.05) is 5.92 Å². The van der Waals surface area contributed by atoms with Crippen molar-refractivity contribution in [1.82, 2.24) is 0 Å². The van der Waals surface area contributed by atoms with Crippen LogP contribution in [0, 0.1) is 5.92 Å². The first kappa shape index (κ1) is 20.1. The van der Waals surface area contributed by atoms with Crippen LogP contribution >= 0.6 is 17.0 Å². The predicted octanol–water partition coefficient (Wildman–Crippen LogP) is 7.87. The fraction of sp³-hybridized carbons (Fsp3) is 0.304. The van der Waals surface area contributed by atoms with E-state index in [0.29, 0.717) is 11.8 Å². The molecule has 0 nitrogen and oxygen atoms in total. The van der Waals surface area contributed by atoms with E-state index in [9.17, 15) is 0 Å².